The van der Waals surface area contributed by atoms with E-state index in [1.165, 1.54) is 4.57 Å². The van der Waals surface area contributed by atoms with Crippen molar-refractivity contribution in [3.8, 4) is 0 Å². The molecule has 0 radical (unpaired) electrons. The fourth-order valence-electron chi connectivity index (χ4n) is 2.31. The number of aliphatic hydroxyl groups excluding tert-OH is 1. The van der Waals surface area contributed by atoms with E-state index in [0.717, 1.165) is 25.7 Å². The molecule has 94 valence electrons. The van der Waals surface area contributed by atoms with Gasteiger partial charge >= 0.3 is 0 Å². The van der Waals surface area contributed by atoms with Crippen LogP contribution in [0.15, 0.2) is 17.2 Å². The van der Waals surface area contributed by atoms with E-state index in [1.807, 2.05) is 0 Å². The van der Waals surface area contributed by atoms with Gasteiger partial charge in [-0.15, -0.1) is 0 Å². The molecule has 0 bridgehead atoms. The van der Waals surface area contributed by atoms with E-state index in [0.29, 0.717) is 18.3 Å². The van der Waals surface area contributed by atoms with Crippen molar-refractivity contribution in [1.82, 2.24) is 9.55 Å². The summed E-state index contributed by atoms with van der Waals surface area (Å²) in [6.45, 7) is 0.712. The summed E-state index contributed by atoms with van der Waals surface area (Å²) in [4.78, 5) is 15.7. The fourth-order valence-corrected chi connectivity index (χ4v) is 2.31. The van der Waals surface area contributed by atoms with Crippen molar-refractivity contribution in [1.29, 1.82) is 0 Å². The molecule has 2 N–H and O–H groups in total. The molecule has 0 saturated heterocycles. The Labute approximate surface area is 100 Å². The number of aryl methyl sites for hydroxylation is 1. The van der Waals surface area contributed by atoms with Crippen LogP contribution in [0.25, 0.3) is 0 Å². The van der Waals surface area contributed by atoms with Crippen LogP contribution < -0.4 is 10.9 Å². The highest BCUT2D eigenvalue weighted by Crippen LogP contribution is 2.23. The van der Waals surface area contributed by atoms with Crippen LogP contribution in [0.3, 0.4) is 0 Å². The lowest BCUT2D eigenvalue weighted by molar-refractivity contribution is 0.104. The zero-order valence-corrected chi connectivity index (χ0v) is 10.1. The van der Waals surface area contributed by atoms with E-state index >= 15 is 0 Å². The molecule has 1 fully saturated rings. The number of hydrogen-bond donors (Lipinski definition) is 2. The van der Waals surface area contributed by atoms with Gasteiger partial charge in [0.05, 0.1) is 6.10 Å². The van der Waals surface area contributed by atoms with E-state index in [4.69, 9.17) is 0 Å². The van der Waals surface area contributed by atoms with Gasteiger partial charge in [-0.3, -0.25) is 4.79 Å². The smallest absolute Gasteiger partial charge is 0.293 e. The van der Waals surface area contributed by atoms with Gasteiger partial charge in [0.1, 0.15) is 0 Å². The summed E-state index contributed by atoms with van der Waals surface area (Å²) >= 11 is 0. The molecule has 1 aromatic heterocycles. The van der Waals surface area contributed by atoms with Crippen LogP contribution in [0.4, 0.5) is 5.82 Å². The molecule has 1 heterocycles. The highest BCUT2D eigenvalue weighted by molar-refractivity contribution is 5.30. The van der Waals surface area contributed by atoms with Gasteiger partial charge in [-0.25, -0.2) is 4.98 Å². The molecule has 1 saturated carbocycles. The lowest BCUT2D eigenvalue weighted by atomic mass is 9.87. The molecule has 1 aliphatic carbocycles. The maximum Gasteiger partial charge on any atom is 0.293 e. The minimum Gasteiger partial charge on any atom is -0.393 e. The van der Waals surface area contributed by atoms with Crippen molar-refractivity contribution in [2.45, 2.75) is 31.8 Å². The third-order valence-corrected chi connectivity index (χ3v) is 3.33. The van der Waals surface area contributed by atoms with Gasteiger partial charge in [-0.1, -0.05) is 6.42 Å². The molecule has 17 heavy (non-hydrogen) atoms. The molecule has 1 aliphatic rings. The fraction of sp³-hybridized carbons (Fsp3) is 0.667. The first kappa shape index (κ1) is 12.1. The Morgan fingerprint density at radius 3 is 3.18 bits per heavy atom. The Balaban J connectivity index is 1.93. The van der Waals surface area contributed by atoms with Crippen molar-refractivity contribution in [3.05, 3.63) is 22.7 Å². The first-order valence-corrected chi connectivity index (χ1v) is 6.10. The molecule has 2 unspecified atom stereocenters. The highest BCUT2D eigenvalue weighted by Gasteiger charge is 2.20. The largest absolute Gasteiger partial charge is 0.393 e. The Bertz CT molecular complexity index is 430. The van der Waals surface area contributed by atoms with E-state index in [-0.39, 0.29) is 11.7 Å². The first-order valence-electron chi connectivity index (χ1n) is 6.10. The quantitative estimate of drug-likeness (QED) is 0.814. The standard InChI is InChI=1S/C12H19N3O2/c1-15-6-5-13-11(12(15)17)14-8-9-3-2-4-10(16)7-9/h5-6,9-10,16H,2-4,7-8H2,1H3,(H,13,14). The van der Waals surface area contributed by atoms with E-state index in [9.17, 15) is 9.90 Å². The van der Waals surface area contributed by atoms with Gasteiger partial charge in [0.2, 0.25) is 0 Å². The topological polar surface area (TPSA) is 67.2 Å². The molecule has 0 aliphatic heterocycles. The molecule has 2 rings (SSSR count). The molecule has 2 atom stereocenters. The van der Waals surface area contributed by atoms with Crippen molar-refractivity contribution in [2.24, 2.45) is 13.0 Å². The second kappa shape index (κ2) is 5.31. The van der Waals surface area contributed by atoms with Gasteiger partial charge in [0.15, 0.2) is 5.82 Å². The van der Waals surface area contributed by atoms with Gasteiger partial charge < -0.3 is 15.0 Å². The zero-order chi connectivity index (χ0) is 12.3. The predicted molar refractivity (Wildman–Crippen MR) is 65.9 cm³/mol. The van der Waals surface area contributed by atoms with Crippen LogP contribution >= 0.6 is 0 Å². The predicted octanol–water partition coefficient (Wildman–Crippen LogP) is 0.743. The second-order valence-corrected chi connectivity index (χ2v) is 4.76. The monoisotopic (exact) mass is 237 g/mol. The number of hydrogen-bond acceptors (Lipinski definition) is 4. The summed E-state index contributed by atoms with van der Waals surface area (Å²) in [6, 6.07) is 0. The van der Waals surface area contributed by atoms with Crippen molar-refractivity contribution >= 4 is 5.82 Å². The summed E-state index contributed by atoms with van der Waals surface area (Å²) in [5, 5.41) is 12.7. The van der Waals surface area contributed by atoms with E-state index in [1.54, 1.807) is 19.4 Å². The average molecular weight is 237 g/mol. The summed E-state index contributed by atoms with van der Waals surface area (Å²) in [6.07, 6.45) is 6.96. The molecule has 0 spiro atoms. The van der Waals surface area contributed by atoms with E-state index in [2.05, 4.69) is 10.3 Å². The summed E-state index contributed by atoms with van der Waals surface area (Å²) < 4.78 is 1.51. The van der Waals surface area contributed by atoms with Crippen LogP contribution in [0.5, 0.6) is 0 Å². The zero-order valence-electron chi connectivity index (χ0n) is 10.1. The Hall–Kier alpha value is -1.36. The highest BCUT2D eigenvalue weighted by atomic mass is 16.3. The number of nitrogens with zero attached hydrogens (tertiary/aromatic N) is 2. The summed E-state index contributed by atoms with van der Waals surface area (Å²) in [7, 11) is 1.71. The van der Waals surface area contributed by atoms with Gasteiger partial charge in [-0.2, -0.15) is 0 Å². The van der Waals surface area contributed by atoms with Crippen molar-refractivity contribution < 1.29 is 5.11 Å². The van der Waals surface area contributed by atoms with Crippen LogP contribution in [0.2, 0.25) is 0 Å². The Morgan fingerprint density at radius 2 is 2.41 bits per heavy atom. The van der Waals surface area contributed by atoms with Gasteiger partial charge in [0.25, 0.3) is 5.56 Å². The molecule has 5 nitrogen and oxygen atoms in total. The maximum atomic E-state index is 11.7. The number of aliphatic hydroxyl groups is 1. The third-order valence-electron chi connectivity index (χ3n) is 3.33. The van der Waals surface area contributed by atoms with Crippen molar-refractivity contribution in [2.75, 3.05) is 11.9 Å². The van der Waals surface area contributed by atoms with E-state index < -0.39 is 0 Å². The van der Waals surface area contributed by atoms with Gasteiger partial charge in [-0.05, 0) is 25.2 Å². The third kappa shape index (κ3) is 3.06. The lowest BCUT2D eigenvalue weighted by Crippen LogP contribution is -2.28. The minimum absolute atomic E-state index is 0.108. The van der Waals surface area contributed by atoms with Crippen LogP contribution in [0.1, 0.15) is 25.7 Å². The molecular formula is C12H19N3O2. The van der Waals surface area contributed by atoms with Crippen LogP contribution in [0, 0.1) is 5.92 Å². The second-order valence-electron chi connectivity index (χ2n) is 4.76. The van der Waals surface area contributed by atoms with Crippen molar-refractivity contribution in [3.63, 3.8) is 0 Å². The minimum atomic E-state index is -0.179. The Kier molecular flexibility index (Phi) is 3.78. The molecule has 5 heteroatoms. The summed E-state index contributed by atoms with van der Waals surface area (Å²) in [5.41, 5.74) is -0.108. The molecule has 0 aromatic carbocycles. The lowest BCUT2D eigenvalue weighted by Gasteiger charge is -2.25. The molecule has 1 aromatic rings. The number of rotatable bonds is 3. The normalized spacial score (nSPS) is 24.6. The maximum absolute atomic E-state index is 11.7. The first-order chi connectivity index (χ1) is 8.16. The van der Waals surface area contributed by atoms with Gasteiger partial charge in [0, 0.05) is 26.0 Å². The molecule has 0 amide bonds. The summed E-state index contributed by atoms with van der Waals surface area (Å²) in [5.74, 6) is 0.834. The molecular weight excluding hydrogens is 218 g/mol. The number of nitrogens with one attached hydrogen (secondary N) is 1. The average Bonchev–Trinajstić information content (AvgIpc) is 2.31. The SMILES string of the molecule is Cn1ccnc(NCC2CCCC(O)C2)c1=O. The van der Waals surface area contributed by atoms with Crippen LogP contribution in [-0.2, 0) is 7.05 Å². The number of anilines is 1. The Morgan fingerprint density at radius 1 is 1.59 bits per heavy atom. The number of aromatic nitrogens is 2. The van der Waals surface area contributed by atoms with Crippen LogP contribution in [-0.4, -0.2) is 27.3 Å².